The average molecular weight is 305 g/mol. The zero-order chi connectivity index (χ0) is 16.1. The number of hydrogen-bond acceptors (Lipinski definition) is 6. The maximum absolute atomic E-state index is 11.8. The summed E-state index contributed by atoms with van der Waals surface area (Å²) in [5, 5.41) is 24.1. The van der Waals surface area contributed by atoms with Gasteiger partial charge in [-0.2, -0.15) is 0 Å². The van der Waals surface area contributed by atoms with Gasteiger partial charge in [0.1, 0.15) is 5.76 Å². The molecule has 0 spiro atoms. The van der Waals surface area contributed by atoms with Crippen LogP contribution in [0.25, 0.3) is 0 Å². The van der Waals surface area contributed by atoms with E-state index in [9.17, 15) is 25.0 Å². The van der Waals surface area contributed by atoms with Crippen LogP contribution < -0.4 is 5.32 Å². The summed E-state index contributed by atoms with van der Waals surface area (Å²) >= 11 is 0. The van der Waals surface area contributed by atoms with Crippen LogP contribution in [0, 0.1) is 20.2 Å². The van der Waals surface area contributed by atoms with E-state index >= 15 is 0 Å². The molecule has 1 aromatic heterocycles. The lowest BCUT2D eigenvalue weighted by Gasteiger charge is -2.04. The minimum atomic E-state index is -0.748. The van der Waals surface area contributed by atoms with Crippen molar-refractivity contribution in [2.45, 2.75) is 13.0 Å². The van der Waals surface area contributed by atoms with Gasteiger partial charge in [0.05, 0.1) is 35.1 Å². The van der Waals surface area contributed by atoms with Crippen molar-refractivity contribution in [1.82, 2.24) is 5.32 Å². The first-order chi connectivity index (χ1) is 10.5. The van der Waals surface area contributed by atoms with Gasteiger partial charge in [-0.25, -0.2) is 0 Å². The smallest absolute Gasteiger partial charge is 0.279 e. The molecule has 1 N–H and O–H groups in total. The Kier molecular flexibility index (Phi) is 4.47. The van der Waals surface area contributed by atoms with Gasteiger partial charge in [-0.3, -0.25) is 25.0 Å². The third-order valence-electron chi connectivity index (χ3n) is 2.87. The third-order valence-corrected chi connectivity index (χ3v) is 2.87. The van der Waals surface area contributed by atoms with Crippen LogP contribution in [0.2, 0.25) is 0 Å². The molecule has 0 atom stereocenters. The summed E-state index contributed by atoms with van der Waals surface area (Å²) in [6.45, 7) is 0.159. The van der Waals surface area contributed by atoms with Crippen LogP contribution in [-0.2, 0) is 17.8 Å². The first-order valence-electron chi connectivity index (χ1n) is 6.18. The number of rotatable bonds is 6. The Bertz CT molecular complexity index is 711. The van der Waals surface area contributed by atoms with E-state index in [2.05, 4.69) is 5.32 Å². The number of furan rings is 1. The minimum Gasteiger partial charge on any atom is -0.467 e. The molecule has 2 rings (SSSR count). The molecular formula is C13H11N3O6. The van der Waals surface area contributed by atoms with Crippen LogP contribution in [-0.4, -0.2) is 15.8 Å². The molecule has 0 aliphatic carbocycles. The summed E-state index contributed by atoms with van der Waals surface area (Å²) in [4.78, 5) is 31.9. The van der Waals surface area contributed by atoms with Crippen molar-refractivity contribution in [1.29, 1.82) is 0 Å². The topological polar surface area (TPSA) is 129 Å². The van der Waals surface area contributed by atoms with Gasteiger partial charge < -0.3 is 9.73 Å². The molecule has 1 amide bonds. The predicted molar refractivity (Wildman–Crippen MR) is 74.0 cm³/mol. The molecule has 0 unspecified atom stereocenters. The van der Waals surface area contributed by atoms with E-state index in [1.54, 1.807) is 12.1 Å². The van der Waals surface area contributed by atoms with Crippen LogP contribution >= 0.6 is 0 Å². The fraction of sp³-hybridized carbons (Fsp3) is 0.154. The summed E-state index contributed by atoms with van der Waals surface area (Å²) < 4.78 is 5.04. The molecule has 0 fully saturated rings. The van der Waals surface area contributed by atoms with Crippen molar-refractivity contribution in [3.05, 3.63) is 68.1 Å². The standard InChI is InChI=1S/C13H11N3O6/c17-13(14-8-11-2-1-5-22-11)6-9-3-4-10(15(18)19)7-12(9)16(20)21/h1-5,7H,6,8H2,(H,14,17). The number of hydrogen-bond donors (Lipinski definition) is 1. The molecule has 22 heavy (non-hydrogen) atoms. The van der Waals surface area contributed by atoms with E-state index in [1.165, 1.54) is 12.3 Å². The number of non-ortho nitro benzene ring substituents is 1. The quantitative estimate of drug-likeness (QED) is 0.641. The van der Waals surface area contributed by atoms with Crippen molar-refractivity contribution >= 4 is 17.3 Å². The Morgan fingerprint density at radius 2 is 1.95 bits per heavy atom. The SMILES string of the molecule is O=C(Cc1ccc([N+](=O)[O-])cc1[N+](=O)[O-])NCc1ccco1. The second kappa shape index (κ2) is 6.48. The van der Waals surface area contributed by atoms with E-state index in [0.29, 0.717) is 5.76 Å². The number of carbonyl (C=O) groups is 1. The van der Waals surface area contributed by atoms with Crippen LogP contribution in [0.1, 0.15) is 11.3 Å². The fourth-order valence-corrected chi connectivity index (χ4v) is 1.82. The lowest BCUT2D eigenvalue weighted by atomic mass is 10.1. The molecule has 0 aliphatic rings. The van der Waals surface area contributed by atoms with E-state index < -0.39 is 27.1 Å². The van der Waals surface area contributed by atoms with Gasteiger partial charge in [0, 0.05) is 11.6 Å². The number of benzene rings is 1. The number of nitrogens with zero attached hydrogens (tertiary/aromatic N) is 2. The number of nitro groups is 2. The highest BCUT2D eigenvalue weighted by atomic mass is 16.6. The van der Waals surface area contributed by atoms with Gasteiger partial charge in [-0.05, 0) is 18.2 Å². The zero-order valence-corrected chi connectivity index (χ0v) is 11.2. The normalized spacial score (nSPS) is 10.2. The maximum atomic E-state index is 11.8. The molecule has 0 saturated heterocycles. The van der Waals surface area contributed by atoms with Gasteiger partial charge in [-0.15, -0.1) is 0 Å². The van der Waals surface area contributed by atoms with Crippen LogP contribution in [0.15, 0.2) is 41.0 Å². The summed E-state index contributed by atoms with van der Waals surface area (Å²) in [7, 11) is 0. The Balaban J connectivity index is 2.09. The number of amides is 1. The van der Waals surface area contributed by atoms with Crippen molar-refractivity contribution < 1.29 is 19.1 Å². The van der Waals surface area contributed by atoms with E-state index in [0.717, 1.165) is 12.1 Å². The van der Waals surface area contributed by atoms with Gasteiger partial charge in [0.2, 0.25) is 5.91 Å². The van der Waals surface area contributed by atoms with Crippen molar-refractivity contribution in [2.75, 3.05) is 0 Å². The molecule has 9 nitrogen and oxygen atoms in total. The van der Waals surface area contributed by atoms with Crippen LogP contribution in [0.3, 0.4) is 0 Å². The molecule has 1 heterocycles. The molecule has 9 heteroatoms. The highest BCUT2D eigenvalue weighted by Crippen LogP contribution is 2.25. The second-order valence-corrected chi connectivity index (χ2v) is 4.36. The molecule has 0 saturated carbocycles. The Hall–Kier alpha value is -3.23. The number of nitro benzene ring substituents is 2. The molecule has 2 aromatic rings. The molecule has 0 radical (unpaired) electrons. The summed E-state index contributed by atoms with van der Waals surface area (Å²) in [6, 6.07) is 6.53. The lowest BCUT2D eigenvalue weighted by molar-refractivity contribution is -0.394. The van der Waals surface area contributed by atoms with Crippen LogP contribution in [0.5, 0.6) is 0 Å². The van der Waals surface area contributed by atoms with Crippen molar-refractivity contribution in [3.63, 3.8) is 0 Å². The van der Waals surface area contributed by atoms with E-state index in [4.69, 9.17) is 4.42 Å². The first kappa shape index (κ1) is 15.2. The largest absolute Gasteiger partial charge is 0.467 e. The Labute approximate surface area is 123 Å². The molecule has 0 bridgehead atoms. The monoisotopic (exact) mass is 305 g/mol. The van der Waals surface area contributed by atoms with Gasteiger partial charge in [0.25, 0.3) is 11.4 Å². The third kappa shape index (κ3) is 3.66. The summed E-state index contributed by atoms with van der Waals surface area (Å²) in [5.74, 6) is 0.0971. The van der Waals surface area contributed by atoms with Gasteiger partial charge in [-0.1, -0.05) is 0 Å². The van der Waals surface area contributed by atoms with E-state index in [-0.39, 0.29) is 18.5 Å². The average Bonchev–Trinajstić information content (AvgIpc) is 2.98. The van der Waals surface area contributed by atoms with Crippen molar-refractivity contribution in [2.24, 2.45) is 0 Å². The Morgan fingerprint density at radius 1 is 1.18 bits per heavy atom. The number of carbonyl (C=O) groups excluding carboxylic acids is 1. The highest BCUT2D eigenvalue weighted by molar-refractivity contribution is 5.79. The minimum absolute atomic E-state index is 0.104. The van der Waals surface area contributed by atoms with Gasteiger partial charge >= 0.3 is 0 Å². The van der Waals surface area contributed by atoms with Crippen molar-refractivity contribution in [3.8, 4) is 0 Å². The molecule has 0 aliphatic heterocycles. The predicted octanol–water partition coefficient (Wildman–Crippen LogP) is 1.95. The first-order valence-corrected chi connectivity index (χ1v) is 6.18. The summed E-state index contributed by atoms with van der Waals surface area (Å²) in [5.41, 5.74) is -0.749. The number of nitrogens with one attached hydrogen (secondary N) is 1. The molecular weight excluding hydrogens is 294 g/mol. The lowest BCUT2D eigenvalue weighted by Crippen LogP contribution is -2.24. The summed E-state index contributed by atoms with van der Waals surface area (Å²) in [6.07, 6.45) is 1.21. The maximum Gasteiger partial charge on any atom is 0.279 e. The highest BCUT2D eigenvalue weighted by Gasteiger charge is 2.21. The zero-order valence-electron chi connectivity index (χ0n) is 11.2. The van der Waals surface area contributed by atoms with E-state index in [1.807, 2.05) is 0 Å². The second-order valence-electron chi connectivity index (χ2n) is 4.36. The molecule has 1 aromatic carbocycles. The molecule has 114 valence electrons. The van der Waals surface area contributed by atoms with Gasteiger partial charge in [0.15, 0.2) is 0 Å². The fourth-order valence-electron chi connectivity index (χ4n) is 1.82. The van der Waals surface area contributed by atoms with Crippen LogP contribution in [0.4, 0.5) is 11.4 Å². The Morgan fingerprint density at radius 3 is 2.55 bits per heavy atom.